The van der Waals surface area contributed by atoms with Crippen LogP contribution in [0.5, 0.6) is 0 Å². The quantitative estimate of drug-likeness (QED) is 0.524. The van der Waals surface area contributed by atoms with Crippen molar-refractivity contribution in [3.05, 3.63) is 75.6 Å². The van der Waals surface area contributed by atoms with Gasteiger partial charge in [-0.3, -0.25) is 10.1 Å². The zero-order chi connectivity index (χ0) is 19.1. The molecule has 1 aliphatic carbocycles. The molecule has 4 aromatic rings. The van der Waals surface area contributed by atoms with E-state index in [-0.39, 0.29) is 5.91 Å². The zero-order valence-electron chi connectivity index (χ0n) is 14.8. The van der Waals surface area contributed by atoms with E-state index in [1.54, 1.807) is 23.0 Å². The van der Waals surface area contributed by atoms with Crippen molar-refractivity contribution in [3.8, 4) is 0 Å². The fraction of sp³-hybridized carbons (Fsp3) is 0.200. The molecule has 1 saturated carbocycles. The van der Waals surface area contributed by atoms with Crippen LogP contribution in [0.3, 0.4) is 0 Å². The smallest absolute Gasteiger partial charge is 0.262 e. The molecule has 3 aromatic heterocycles. The summed E-state index contributed by atoms with van der Waals surface area (Å²) in [6.45, 7) is 0. The van der Waals surface area contributed by atoms with Crippen LogP contribution in [0.2, 0.25) is 5.02 Å². The number of aromatic nitrogens is 4. The molecule has 0 saturated heterocycles. The lowest BCUT2D eigenvalue weighted by molar-refractivity contribution is 0.102. The highest BCUT2D eigenvalue weighted by Crippen LogP contribution is 2.44. The van der Waals surface area contributed by atoms with E-state index in [1.165, 1.54) is 17.5 Å². The van der Waals surface area contributed by atoms with Crippen molar-refractivity contribution >= 4 is 39.6 Å². The first-order valence-corrected chi connectivity index (χ1v) is 10.2. The van der Waals surface area contributed by atoms with E-state index in [9.17, 15) is 4.79 Å². The summed E-state index contributed by atoms with van der Waals surface area (Å²) in [4.78, 5) is 22.9. The number of halogens is 1. The van der Waals surface area contributed by atoms with E-state index >= 15 is 0 Å². The summed E-state index contributed by atoms with van der Waals surface area (Å²) in [6.07, 6.45) is 7.93. The average Bonchev–Trinajstić information content (AvgIpc) is 3.33. The third-order valence-electron chi connectivity index (χ3n) is 4.74. The second-order valence-corrected chi connectivity index (χ2v) is 8.26. The number of anilines is 1. The predicted octanol–water partition coefficient (Wildman–Crippen LogP) is 4.56. The molecule has 0 spiro atoms. The number of amides is 1. The predicted molar refractivity (Wildman–Crippen MR) is 109 cm³/mol. The largest absolute Gasteiger partial charge is 0.298 e. The standard InChI is InChI=1S/C20H16ClN5OS/c21-15-5-2-1-4-13(15)10-16-17(12-6-7-12)24-20(28-16)25-19(27)14-11-23-26-9-3-8-22-18(14)26/h1-5,8-9,11-12H,6-7,10H2,(H,24,25,27). The Morgan fingerprint density at radius 3 is 2.96 bits per heavy atom. The summed E-state index contributed by atoms with van der Waals surface area (Å²) in [5, 5.41) is 8.44. The Labute approximate surface area is 170 Å². The van der Waals surface area contributed by atoms with Crippen molar-refractivity contribution in [2.45, 2.75) is 25.2 Å². The molecule has 1 amide bonds. The van der Waals surface area contributed by atoms with Crippen LogP contribution in [0, 0.1) is 0 Å². The molecule has 140 valence electrons. The number of rotatable bonds is 5. The molecule has 1 aliphatic rings. The van der Waals surface area contributed by atoms with Crippen LogP contribution in [-0.4, -0.2) is 25.5 Å². The maximum atomic E-state index is 12.7. The van der Waals surface area contributed by atoms with Crippen LogP contribution in [0.1, 0.15) is 45.3 Å². The molecule has 28 heavy (non-hydrogen) atoms. The maximum Gasteiger partial charge on any atom is 0.262 e. The molecule has 0 bridgehead atoms. The Morgan fingerprint density at radius 2 is 2.14 bits per heavy atom. The number of fused-ring (bicyclic) bond motifs is 1. The lowest BCUT2D eigenvalue weighted by Crippen LogP contribution is -2.11. The minimum atomic E-state index is -0.255. The van der Waals surface area contributed by atoms with Crippen LogP contribution < -0.4 is 5.32 Å². The lowest BCUT2D eigenvalue weighted by atomic mass is 10.1. The molecule has 8 heteroatoms. The first-order valence-electron chi connectivity index (χ1n) is 9.02. The van der Waals surface area contributed by atoms with Gasteiger partial charge in [0.05, 0.1) is 11.9 Å². The SMILES string of the molecule is O=C(Nc1nc(C2CC2)c(Cc2ccccc2Cl)s1)c1cnn2cccnc12. The molecule has 3 heterocycles. The monoisotopic (exact) mass is 409 g/mol. The van der Waals surface area contributed by atoms with Gasteiger partial charge >= 0.3 is 0 Å². The number of hydrogen-bond acceptors (Lipinski definition) is 5. The van der Waals surface area contributed by atoms with Crippen LogP contribution in [0.4, 0.5) is 5.13 Å². The first-order chi connectivity index (χ1) is 13.7. The van der Waals surface area contributed by atoms with Crippen molar-refractivity contribution in [2.24, 2.45) is 0 Å². The highest BCUT2D eigenvalue weighted by molar-refractivity contribution is 7.16. The molecule has 1 fully saturated rings. The number of carbonyl (C=O) groups is 1. The fourth-order valence-electron chi connectivity index (χ4n) is 3.19. The molecule has 6 nitrogen and oxygen atoms in total. The van der Waals surface area contributed by atoms with Crippen LogP contribution in [-0.2, 0) is 6.42 Å². The molecule has 1 aromatic carbocycles. The van der Waals surface area contributed by atoms with Crippen molar-refractivity contribution < 1.29 is 4.79 Å². The highest BCUT2D eigenvalue weighted by Gasteiger charge is 2.30. The van der Waals surface area contributed by atoms with E-state index in [0.29, 0.717) is 22.3 Å². The molecule has 0 aliphatic heterocycles. The summed E-state index contributed by atoms with van der Waals surface area (Å²) in [6, 6.07) is 9.61. The Hall–Kier alpha value is -2.77. The van der Waals surface area contributed by atoms with Crippen molar-refractivity contribution in [3.63, 3.8) is 0 Å². The Morgan fingerprint density at radius 1 is 1.29 bits per heavy atom. The second-order valence-electron chi connectivity index (χ2n) is 6.77. The zero-order valence-corrected chi connectivity index (χ0v) is 16.4. The second kappa shape index (κ2) is 7.00. The maximum absolute atomic E-state index is 12.7. The summed E-state index contributed by atoms with van der Waals surface area (Å²) < 4.78 is 1.58. The van der Waals surface area contributed by atoms with Crippen LogP contribution in [0.15, 0.2) is 48.9 Å². The summed E-state index contributed by atoms with van der Waals surface area (Å²) in [7, 11) is 0. The number of carbonyl (C=O) groups excluding carboxylic acids is 1. The lowest BCUT2D eigenvalue weighted by Gasteiger charge is -2.03. The van der Waals surface area contributed by atoms with Crippen molar-refractivity contribution in [1.29, 1.82) is 0 Å². The normalized spacial score (nSPS) is 13.8. The Balaban J connectivity index is 1.43. The summed E-state index contributed by atoms with van der Waals surface area (Å²) >= 11 is 7.85. The first kappa shape index (κ1) is 17.3. The van der Waals surface area contributed by atoms with E-state index in [0.717, 1.165) is 40.4 Å². The van der Waals surface area contributed by atoms with E-state index in [2.05, 4.69) is 15.4 Å². The van der Waals surface area contributed by atoms with Gasteiger partial charge in [0, 0.05) is 34.6 Å². The van der Waals surface area contributed by atoms with Gasteiger partial charge in [-0.15, -0.1) is 11.3 Å². The van der Waals surface area contributed by atoms with Gasteiger partial charge in [-0.05, 0) is 30.5 Å². The van der Waals surface area contributed by atoms with Gasteiger partial charge in [-0.25, -0.2) is 14.5 Å². The molecule has 5 rings (SSSR count). The molecule has 0 unspecified atom stereocenters. The van der Waals surface area contributed by atoms with Gasteiger partial charge in [-0.2, -0.15) is 5.10 Å². The minimum Gasteiger partial charge on any atom is -0.298 e. The van der Waals surface area contributed by atoms with Gasteiger partial charge in [0.2, 0.25) is 0 Å². The average molecular weight is 410 g/mol. The number of hydrogen-bond donors (Lipinski definition) is 1. The third kappa shape index (κ3) is 3.27. The van der Waals surface area contributed by atoms with Crippen molar-refractivity contribution in [2.75, 3.05) is 5.32 Å². The van der Waals surface area contributed by atoms with Crippen LogP contribution in [0.25, 0.3) is 5.65 Å². The Bertz CT molecular complexity index is 1180. The van der Waals surface area contributed by atoms with Crippen LogP contribution >= 0.6 is 22.9 Å². The van der Waals surface area contributed by atoms with Gasteiger partial charge in [0.25, 0.3) is 5.91 Å². The van der Waals surface area contributed by atoms with Gasteiger partial charge < -0.3 is 0 Å². The fourth-order valence-corrected chi connectivity index (χ4v) is 4.45. The van der Waals surface area contributed by atoms with Gasteiger partial charge in [-0.1, -0.05) is 29.8 Å². The molecular weight excluding hydrogens is 394 g/mol. The molecule has 1 N–H and O–H groups in total. The number of benzene rings is 1. The van der Waals surface area contributed by atoms with Gasteiger partial charge in [0.15, 0.2) is 10.8 Å². The van der Waals surface area contributed by atoms with E-state index < -0.39 is 0 Å². The summed E-state index contributed by atoms with van der Waals surface area (Å²) in [5.41, 5.74) is 3.10. The highest BCUT2D eigenvalue weighted by atomic mass is 35.5. The van der Waals surface area contributed by atoms with E-state index in [4.69, 9.17) is 16.6 Å². The number of nitrogens with zero attached hydrogens (tertiary/aromatic N) is 4. The number of nitrogens with one attached hydrogen (secondary N) is 1. The molecule has 0 atom stereocenters. The topological polar surface area (TPSA) is 72.2 Å². The third-order valence-corrected chi connectivity index (χ3v) is 6.10. The molecule has 0 radical (unpaired) electrons. The minimum absolute atomic E-state index is 0.255. The summed E-state index contributed by atoms with van der Waals surface area (Å²) in [5.74, 6) is 0.229. The molecular formula is C20H16ClN5OS. The number of thiazole rings is 1. The van der Waals surface area contributed by atoms with E-state index in [1.807, 2.05) is 24.3 Å². The Kier molecular flexibility index (Phi) is 4.33. The van der Waals surface area contributed by atoms with Crippen molar-refractivity contribution in [1.82, 2.24) is 19.6 Å². The van der Waals surface area contributed by atoms with Gasteiger partial charge in [0.1, 0.15) is 5.56 Å².